The fourth-order valence-electron chi connectivity index (χ4n) is 3.29. The van der Waals surface area contributed by atoms with Crippen molar-refractivity contribution in [2.24, 2.45) is 0 Å². The molecule has 2 aromatic carbocycles. The summed E-state index contributed by atoms with van der Waals surface area (Å²) in [6.07, 6.45) is 5.82. The van der Waals surface area contributed by atoms with Crippen LogP contribution in [0.25, 0.3) is 27.7 Å². The number of aromatic nitrogens is 2. The second-order valence-corrected chi connectivity index (χ2v) is 7.46. The van der Waals surface area contributed by atoms with Crippen LogP contribution in [0, 0.1) is 0 Å². The summed E-state index contributed by atoms with van der Waals surface area (Å²) >= 11 is 0. The van der Waals surface area contributed by atoms with E-state index in [0.29, 0.717) is 0 Å². The zero-order chi connectivity index (χ0) is 17.4. The summed E-state index contributed by atoms with van der Waals surface area (Å²) < 4.78 is 2.19. The average molecular weight is 326 g/mol. The third kappa shape index (κ3) is 2.85. The minimum Gasteiger partial charge on any atom is -0.315 e. The average Bonchev–Trinajstić information content (AvgIpc) is 3.06. The molecule has 0 unspecified atom stereocenters. The van der Waals surface area contributed by atoms with Gasteiger partial charge in [-0.1, -0.05) is 57.2 Å². The number of rotatable bonds is 2. The largest absolute Gasteiger partial charge is 0.315 e. The van der Waals surface area contributed by atoms with Gasteiger partial charge in [-0.2, -0.15) is 0 Å². The molecule has 0 atom stereocenters. The van der Waals surface area contributed by atoms with Gasteiger partial charge in [0.05, 0.1) is 17.4 Å². The van der Waals surface area contributed by atoms with Gasteiger partial charge in [-0.05, 0) is 46.4 Å². The van der Waals surface area contributed by atoms with Crippen LogP contribution in [0.2, 0.25) is 0 Å². The van der Waals surface area contributed by atoms with Crippen LogP contribution in [0.5, 0.6) is 0 Å². The lowest BCUT2D eigenvalue weighted by molar-refractivity contribution is 0.590. The van der Waals surface area contributed by atoms with E-state index in [1.807, 2.05) is 12.3 Å². The van der Waals surface area contributed by atoms with Crippen molar-refractivity contribution in [2.75, 3.05) is 0 Å². The topological polar surface area (TPSA) is 17.8 Å². The lowest BCUT2D eigenvalue weighted by atomic mass is 9.86. The summed E-state index contributed by atoms with van der Waals surface area (Å²) in [6.45, 7) is 6.74. The van der Waals surface area contributed by atoms with Crippen molar-refractivity contribution in [3.05, 3.63) is 84.8 Å². The molecule has 4 rings (SSSR count). The maximum Gasteiger partial charge on any atom is 0.0639 e. The number of hydrogen-bond acceptors (Lipinski definition) is 1. The van der Waals surface area contributed by atoms with Crippen molar-refractivity contribution in [1.82, 2.24) is 9.55 Å². The molecule has 0 amide bonds. The highest BCUT2D eigenvalue weighted by atomic mass is 15.0. The van der Waals surface area contributed by atoms with E-state index in [1.54, 1.807) is 6.20 Å². The molecule has 2 heterocycles. The van der Waals surface area contributed by atoms with Crippen molar-refractivity contribution >= 4 is 10.9 Å². The number of nitrogens with zero attached hydrogens (tertiary/aromatic N) is 2. The summed E-state index contributed by atoms with van der Waals surface area (Å²) in [4.78, 5) is 4.24. The Balaban J connectivity index is 1.83. The number of benzene rings is 2. The first kappa shape index (κ1) is 15.6. The Morgan fingerprint density at radius 2 is 1.64 bits per heavy atom. The van der Waals surface area contributed by atoms with Gasteiger partial charge in [0.2, 0.25) is 0 Å². The van der Waals surface area contributed by atoms with Gasteiger partial charge in [-0.3, -0.25) is 4.98 Å². The van der Waals surface area contributed by atoms with Crippen molar-refractivity contribution < 1.29 is 0 Å². The first-order valence-electron chi connectivity index (χ1n) is 8.65. The first-order valence-corrected chi connectivity index (χ1v) is 8.65. The Morgan fingerprint density at radius 3 is 2.32 bits per heavy atom. The van der Waals surface area contributed by atoms with Gasteiger partial charge in [-0.15, -0.1) is 0 Å². The number of hydrogen-bond donors (Lipinski definition) is 0. The van der Waals surface area contributed by atoms with Gasteiger partial charge in [0.15, 0.2) is 0 Å². The maximum atomic E-state index is 4.24. The Bertz CT molecular complexity index is 1000. The second-order valence-electron chi connectivity index (χ2n) is 7.46. The van der Waals surface area contributed by atoms with Crippen molar-refractivity contribution in [3.8, 4) is 16.8 Å². The zero-order valence-electron chi connectivity index (χ0n) is 14.9. The Hall–Kier alpha value is -2.87. The Labute approximate surface area is 148 Å². The maximum absolute atomic E-state index is 4.24. The van der Waals surface area contributed by atoms with E-state index < -0.39 is 0 Å². The normalized spacial score (nSPS) is 11.8. The summed E-state index contributed by atoms with van der Waals surface area (Å²) in [5.74, 6) is 0. The van der Waals surface area contributed by atoms with Crippen LogP contribution in [-0.2, 0) is 5.41 Å². The zero-order valence-corrected chi connectivity index (χ0v) is 14.9. The predicted molar refractivity (Wildman–Crippen MR) is 105 cm³/mol. The van der Waals surface area contributed by atoms with Crippen LogP contribution in [0.3, 0.4) is 0 Å². The third-order valence-corrected chi connectivity index (χ3v) is 4.72. The molecule has 0 aliphatic heterocycles. The van der Waals surface area contributed by atoms with E-state index in [2.05, 4.69) is 91.1 Å². The van der Waals surface area contributed by atoms with Crippen LogP contribution in [-0.4, -0.2) is 9.55 Å². The quantitative estimate of drug-likeness (QED) is 0.442. The van der Waals surface area contributed by atoms with E-state index >= 15 is 0 Å². The lowest BCUT2D eigenvalue weighted by Gasteiger charge is -2.19. The minimum atomic E-state index is 0.175. The van der Waals surface area contributed by atoms with E-state index in [4.69, 9.17) is 0 Å². The van der Waals surface area contributed by atoms with Gasteiger partial charge >= 0.3 is 0 Å². The van der Waals surface area contributed by atoms with Gasteiger partial charge in [0.25, 0.3) is 0 Å². The summed E-state index contributed by atoms with van der Waals surface area (Å²) in [6, 6.07) is 21.7. The third-order valence-electron chi connectivity index (χ3n) is 4.72. The van der Waals surface area contributed by atoms with E-state index in [1.165, 1.54) is 27.6 Å². The van der Waals surface area contributed by atoms with Crippen molar-refractivity contribution in [2.45, 2.75) is 26.2 Å². The molecule has 0 aliphatic carbocycles. The van der Waals surface area contributed by atoms with E-state index in [0.717, 1.165) is 5.69 Å². The number of pyridine rings is 1. The molecule has 0 saturated carbocycles. The molecule has 124 valence electrons. The highest BCUT2D eigenvalue weighted by Crippen LogP contribution is 2.32. The molecule has 0 spiro atoms. The van der Waals surface area contributed by atoms with Crippen LogP contribution in [0.1, 0.15) is 26.3 Å². The van der Waals surface area contributed by atoms with Crippen LogP contribution < -0.4 is 0 Å². The van der Waals surface area contributed by atoms with E-state index in [9.17, 15) is 0 Å². The molecule has 0 aliphatic rings. The highest BCUT2D eigenvalue weighted by molar-refractivity contribution is 5.96. The Morgan fingerprint density at radius 1 is 0.840 bits per heavy atom. The lowest BCUT2D eigenvalue weighted by Crippen LogP contribution is -2.10. The fraction of sp³-hybridized carbons (Fsp3) is 0.174. The minimum absolute atomic E-state index is 0.175. The molecule has 0 radical (unpaired) electrons. The molecule has 2 nitrogen and oxygen atoms in total. The first-order chi connectivity index (χ1) is 12.0. The van der Waals surface area contributed by atoms with Crippen LogP contribution in [0.15, 0.2) is 79.3 Å². The molecular weight excluding hydrogens is 304 g/mol. The van der Waals surface area contributed by atoms with Crippen molar-refractivity contribution in [3.63, 3.8) is 0 Å². The molecule has 2 aromatic heterocycles. The fourth-order valence-corrected chi connectivity index (χ4v) is 3.29. The van der Waals surface area contributed by atoms with Crippen LogP contribution >= 0.6 is 0 Å². The molecule has 4 aromatic rings. The van der Waals surface area contributed by atoms with E-state index in [-0.39, 0.29) is 5.41 Å². The van der Waals surface area contributed by atoms with Gasteiger partial charge in [0.1, 0.15) is 0 Å². The van der Waals surface area contributed by atoms with Crippen molar-refractivity contribution in [1.29, 1.82) is 0 Å². The summed E-state index contributed by atoms with van der Waals surface area (Å²) in [5.41, 5.74) is 6.33. The van der Waals surface area contributed by atoms with Gasteiger partial charge < -0.3 is 4.57 Å². The number of fused-ring (bicyclic) bond motifs is 1. The van der Waals surface area contributed by atoms with Gasteiger partial charge in [0, 0.05) is 17.8 Å². The molecule has 0 bridgehead atoms. The smallest absolute Gasteiger partial charge is 0.0639 e. The van der Waals surface area contributed by atoms with Gasteiger partial charge in [-0.25, -0.2) is 0 Å². The molecular formula is C23H22N2. The molecule has 0 N–H and O–H groups in total. The SMILES string of the molecule is CC(C)(C)c1ccc(-c2cccc3c2ccn3-c2cccnc2)cc1. The summed E-state index contributed by atoms with van der Waals surface area (Å²) in [7, 11) is 0. The monoisotopic (exact) mass is 326 g/mol. The van der Waals surface area contributed by atoms with Crippen LogP contribution in [0.4, 0.5) is 0 Å². The Kier molecular flexibility index (Phi) is 3.69. The molecule has 0 fully saturated rings. The highest BCUT2D eigenvalue weighted by Gasteiger charge is 2.14. The molecule has 0 saturated heterocycles. The molecule has 25 heavy (non-hydrogen) atoms. The standard InChI is InChI=1S/C23H22N2/c1-23(2,3)18-11-9-17(10-12-18)20-7-4-8-22-21(20)13-15-25(22)19-6-5-14-24-16-19/h4-16H,1-3H3. The predicted octanol–water partition coefficient (Wildman–Crippen LogP) is 5.99. The summed E-state index contributed by atoms with van der Waals surface area (Å²) in [5, 5.41) is 1.26. The molecule has 2 heteroatoms. The second kappa shape index (κ2) is 5.89.